The number of rotatable bonds is 4. The molecule has 0 radical (unpaired) electrons. The minimum Gasteiger partial charge on any atom is -0.361 e. The zero-order valence-corrected chi connectivity index (χ0v) is 9.40. The summed E-state index contributed by atoms with van der Waals surface area (Å²) >= 11 is 0. The fourth-order valence-corrected chi connectivity index (χ4v) is 2.02. The lowest BCUT2D eigenvalue weighted by Crippen LogP contribution is -2.12. The third-order valence-corrected chi connectivity index (χ3v) is 2.88. The fourth-order valence-electron chi connectivity index (χ4n) is 2.02. The molecule has 0 bridgehead atoms. The van der Waals surface area contributed by atoms with Gasteiger partial charge in [0.05, 0.1) is 6.20 Å². The van der Waals surface area contributed by atoms with E-state index in [0.717, 1.165) is 13.1 Å². The van der Waals surface area contributed by atoms with Crippen LogP contribution < -0.4 is 5.32 Å². The molecule has 0 atom stereocenters. The number of nitrogens with one attached hydrogen (secondary N) is 3. The van der Waals surface area contributed by atoms with E-state index in [0.29, 0.717) is 0 Å². The van der Waals surface area contributed by atoms with Crippen molar-refractivity contribution in [1.29, 1.82) is 0 Å². The second kappa shape index (κ2) is 4.43. The van der Waals surface area contributed by atoms with Crippen molar-refractivity contribution in [2.75, 3.05) is 0 Å². The van der Waals surface area contributed by atoms with Crippen molar-refractivity contribution in [2.24, 2.45) is 0 Å². The van der Waals surface area contributed by atoms with E-state index >= 15 is 0 Å². The summed E-state index contributed by atoms with van der Waals surface area (Å²) in [6, 6.07) is 8.44. The average Bonchev–Trinajstić information content (AvgIpc) is 2.99. The molecule has 0 saturated heterocycles. The van der Waals surface area contributed by atoms with Crippen LogP contribution in [0, 0.1) is 0 Å². The second-order valence-electron chi connectivity index (χ2n) is 4.07. The number of fused-ring (bicyclic) bond motifs is 1. The van der Waals surface area contributed by atoms with E-state index in [1.807, 2.05) is 18.6 Å². The van der Waals surface area contributed by atoms with Gasteiger partial charge >= 0.3 is 0 Å². The molecule has 3 rings (SSSR count). The summed E-state index contributed by atoms with van der Waals surface area (Å²) < 4.78 is 0. The topological polar surface area (TPSA) is 56.5 Å². The van der Waals surface area contributed by atoms with E-state index in [9.17, 15) is 0 Å². The molecule has 0 unspecified atom stereocenters. The third-order valence-electron chi connectivity index (χ3n) is 2.88. The monoisotopic (exact) mass is 226 g/mol. The molecule has 0 amide bonds. The van der Waals surface area contributed by atoms with Gasteiger partial charge in [0.2, 0.25) is 0 Å². The lowest BCUT2D eigenvalue weighted by atomic mass is 10.1. The van der Waals surface area contributed by atoms with Gasteiger partial charge in [0.25, 0.3) is 0 Å². The molecule has 86 valence electrons. The van der Waals surface area contributed by atoms with Gasteiger partial charge in [-0.15, -0.1) is 0 Å². The SMILES string of the molecule is c1cc(CNCc2cn[nH]c2)c2cc[nH]c2c1. The molecule has 0 aliphatic rings. The Bertz CT molecular complexity index is 595. The minimum atomic E-state index is 0.831. The van der Waals surface area contributed by atoms with E-state index in [1.54, 1.807) is 0 Å². The van der Waals surface area contributed by atoms with Crippen molar-refractivity contribution in [1.82, 2.24) is 20.5 Å². The van der Waals surface area contributed by atoms with Crippen LogP contribution in [0.4, 0.5) is 0 Å². The van der Waals surface area contributed by atoms with Crippen molar-refractivity contribution in [2.45, 2.75) is 13.1 Å². The first-order valence-electron chi connectivity index (χ1n) is 5.67. The summed E-state index contributed by atoms with van der Waals surface area (Å²) in [7, 11) is 0. The first-order chi connectivity index (χ1) is 8.43. The molecule has 1 aromatic carbocycles. The van der Waals surface area contributed by atoms with Crippen LogP contribution in [-0.4, -0.2) is 15.2 Å². The van der Waals surface area contributed by atoms with Crippen LogP contribution in [0.3, 0.4) is 0 Å². The maximum absolute atomic E-state index is 3.92. The van der Waals surface area contributed by atoms with Crippen LogP contribution in [0.1, 0.15) is 11.1 Å². The van der Waals surface area contributed by atoms with Crippen LogP contribution in [0.15, 0.2) is 42.9 Å². The van der Waals surface area contributed by atoms with Gasteiger partial charge < -0.3 is 10.3 Å². The van der Waals surface area contributed by atoms with E-state index in [-0.39, 0.29) is 0 Å². The molecule has 2 heterocycles. The van der Waals surface area contributed by atoms with Gasteiger partial charge in [-0.1, -0.05) is 12.1 Å². The Hall–Kier alpha value is -2.07. The lowest BCUT2D eigenvalue weighted by Gasteiger charge is -2.04. The van der Waals surface area contributed by atoms with Crippen LogP contribution in [0.25, 0.3) is 10.9 Å². The van der Waals surface area contributed by atoms with Crippen molar-refractivity contribution in [3.63, 3.8) is 0 Å². The molecule has 0 aliphatic carbocycles. The highest BCUT2D eigenvalue weighted by molar-refractivity contribution is 5.82. The molecule has 0 spiro atoms. The number of H-pyrrole nitrogens is 2. The number of aromatic nitrogens is 3. The molecule has 17 heavy (non-hydrogen) atoms. The Kier molecular flexibility index (Phi) is 2.63. The van der Waals surface area contributed by atoms with Crippen molar-refractivity contribution >= 4 is 10.9 Å². The predicted molar refractivity (Wildman–Crippen MR) is 67.4 cm³/mol. The third kappa shape index (κ3) is 2.07. The molecule has 0 aliphatic heterocycles. The lowest BCUT2D eigenvalue weighted by molar-refractivity contribution is 0.697. The fraction of sp³-hybridized carbons (Fsp3) is 0.154. The molecule has 0 fully saturated rings. The summed E-state index contributed by atoms with van der Waals surface area (Å²) in [5.74, 6) is 0. The van der Waals surface area contributed by atoms with E-state index in [4.69, 9.17) is 0 Å². The molecule has 0 saturated carbocycles. The Labute approximate surface area is 99.1 Å². The molecule has 4 nitrogen and oxygen atoms in total. The van der Waals surface area contributed by atoms with Gasteiger partial charge in [-0.2, -0.15) is 5.10 Å². The summed E-state index contributed by atoms with van der Waals surface area (Å²) in [6.45, 7) is 1.69. The largest absolute Gasteiger partial charge is 0.361 e. The highest BCUT2D eigenvalue weighted by Gasteiger charge is 2.01. The average molecular weight is 226 g/mol. The van der Waals surface area contributed by atoms with Gasteiger partial charge in [0.1, 0.15) is 0 Å². The maximum atomic E-state index is 3.92. The normalized spacial score (nSPS) is 11.1. The molecule has 3 N–H and O–H groups in total. The van der Waals surface area contributed by atoms with Gasteiger partial charge in [0.15, 0.2) is 0 Å². The van der Waals surface area contributed by atoms with Crippen molar-refractivity contribution < 1.29 is 0 Å². The number of nitrogens with zero attached hydrogens (tertiary/aromatic N) is 1. The van der Waals surface area contributed by atoms with Crippen LogP contribution in [-0.2, 0) is 13.1 Å². The number of benzene rings is 1. The van der Waals surface area contributed by atoms with Gasteiger partial charge in [0, 0.05) is 41.9 Å². The Morgan fingerprint density at radius 2 is 2.18 bits per heavy atom. The maximum Gasteiger partial charge on any atom is 0.0532 e. The highest BCUT2D eigenvalue weighted by Crippen LogP contribution is 2.17. The summed E-state index contributed by atoms with van der Waals surface area (Å²) in [6.07, 6.45) is 5.72. The molecule has 4 heteroatoms. The number of aromatic amines is 2. The van der Waals surface area contributed by atoms with E-state index < -0.39 is 0 Å². The smallest absolute Gasteiger partial charge is 0.0532 e. The summed E-state index contributed by atoms with van der Waals surface area (Å²) in [4.78, 5) is 3.22. The predicted octanol–water partition coefficient (Wildman–Crippen LogP) is 2.18. The van der Waals surface area contributed by atoms with Gasteiger partial charge in [-0.3, -0.25) is 5.10 Å². The Balaban J connectivity index is 1.70. The molecule has 2 aromatic heterocycles. The Morgan fingerprint density at radius 1 is 1.18 bits per heavy atom. The van der Waals surface area contributed by atoms with E-state index in [2.05, 4.69) is 44.8 Å². The van der Waals surface area contributed by atoms with Crippen molar-refractivity contribution in [3.8, 4) is 0 Å². The Morgan fingerprint density at radius 3 is 3.06 bits per heavy atom. The van der Waals surface area contributed by atoms with Crippen LogP contribution >= 0.6 is 0 Å². The summed E-state index contributed by atoms with van der Waals surface area (Å²) in [5.41, 5.74) is 3.67. The van der Waals surface area contributed by atoms with Crippen molar-refractivity contribution in [3.05, 3.63) is 54.0 Å². The van der Waals surface area contributed by atoms with Gasteiger partial charge in [-0.25, -0.2) is 0 Å². The number of hydrogen-bond donors (Lipinski definition) is 3. The molecular weight excluding hydrogens is 212 g/mol. The van der Waals surface area contributed by atoms with Crippen LogP contribution in [0.5, 0.6) is 0 Å². The first-order valence-corrected chi connectivity index (χ1v) is 5.67. The minimum absolute atomic E-state index is 0.831. The second-order valence-corrected chi connectivity index (χ2v) is 4.07. The highest BCUT2D eigenvalue weighted by atomic mass is 15.1. The van der Waals surface area contributed by atoms with Gasteiger partial charge in [-0.05, 0) is 17.7 Å². The zero-order valence-electron chi connectivity index (χ0n) is 9.40. The number of hydrogen-bond acceptors (Lipinski definition) is 2. The first kappa shape index (κ1) is 10.1. The summed E-state index contributed by atoms with van der Waals surface area (Å²) in [5, 5.41) is 11.4. The zero-order chi connectivity index (χ0) is 11.5. The molecular formula is C13H14N4. The van der Waals surface area contributed by atoms with E-state index in [1.165, 1.54) is 22.0 Å². The quantitative estimate of drug-likeness (QED) is 0.638. The van der Waals surface area contributed by atoms with Crippen LogP contribution in [0.2, 0.25) is 0 Å². The standard InChI is InChI=1S/C13H14N4/c1-2-11(12-4-5-15-13(12)3-1)9-14-6-10-7-16-17-8-10/h1-5,7-8,14-15H,6,9H2,(H,16,17). The molecule has 3 aromatic rings.